The summed E-state index contributed by atoms with van der Waals surface area (Å²) >= 11 is 0. The molecular weight excluding hydrogens is 657 g/mol. The first-order valence-electron chi connectivity index (χ1n) is 22.1. The largest absolute Gasteiger partial charge is 0.469 e. The number of allylic oxidation sites excluding steroid dienone is 1. The van der Waals surface area contributed by atoms with Crippen LogP contribution < -0.4 is 5.32 Å². The third kappa shape index (κ3) is 40.3. The Morgan fingerprint density at radius 2 is 0.863 bits per heavy atom. The van der Waals surface area contributed by atoms with Gasteiger partial charge in [-0.3, -0.25) is 9.32 Å². The van der Waals surface area contributed by atoms with Gasteiger partial charge in [0.1, 0.15) is 0 Å². The number of carbonyl (C=O) groups excluding carboxylic acids is 1. The predicted octanol–water partition coefficient (Wildman–Crippen LogP) is 13.2. The fraction of sp³-hybridized carbons (Fsp3) is 0.930. The number of unbranched alkanes of at least 4 members (excludes halogenated alkanes) is 32. The Labute approximate surface area is 316 Å². The second-order valence-electron chi connectivity index (χ2n) is 15.4. The van der Waals surface area contributed by atoms with E-state index in [-0.39, 0.29) is 5.91 Å². The smallest absolute Gasteiger partial charge is 0.387 e. The summed E-state index contributed by atoms with van der Waals surface area (Å²) in [6.45, 7) is 4.09. The van der Waals surface area contributed by atoms with Crippen molar-refractivity contribution in [3.05, 3.63) is 12.2 Å². The molecule has 0 saturated carbocycles. The Balaban J connectivity index is 3.84. The SMILES string of the molecule is CCCCCCCCCCCCC/C=C/[C@@H](O)[C@H](COP(=O)(O)O)NC(=O)CCCCCCCCCCCCCCCCCCCCCCCC. The van der Waals surface area contributed by atoms with Crippen LogP contribution in [-0.2, 0) is 13.9 Å². The van der Waals surface area contributed by atoms with E-state index < -0.39 is 26.6 Å². The number of nitrogens with one attached hydrogen (secondary N) is 1. The van der Waals surface area contributed by atoms with Crippen LogP contribution >= 0.6 is 7.82 Å². The first-order valence-corrected chi connectivity index (χ1v) is 23.7. The molecule has 4 N–H and O–H groups in total. The summed E-state index contributed by atoms with van der Waals surface area (Å²) in [6, 6.07) is -0.904. The number of hydrogen-bond donors (Lipinski definition) is 4. The van der Waals surface area contributed by atoms with E-state index in [1.165, 1.54) is 180 Å². The zero-order valence-corrected chi connectivity index (χ0v) is 34.7. The molecule has 0 aliphatic heterocycles. The summed E-state index contributed by atoms with van der Waals surface area (Å²) in [5.41, 5.74) is 0. The number of phosphoric acid groups is 1. The van der Waals surface area contributed by atoms with Gasteiger partial charge >= 0.3 is 7.82 Å². The van der Waals surface area contributed by atoms with E-state index in [9.17, 15) is 14.5 Å². The van der Waals surface area contributed by atoms with Crippen molar-refractivity contribution in [2.24, 2.45) is 0 Å². The molecule has 0 aliphatic carbocycles. The number of carbonyl (C=O) groups is 1. The van der Waals surface area contributed by atoms with Crippen LogP contribution in [0.4, 0.5) is 0 Å². The molecule has 0 unspecified atom stereocenters. The Morgan fingerprint density at radius 3 is 1.20 bits per heavy atom. The molecule has 0 aromatic carbocycles. The van der Waals surface area contributed by atoms with Crippen LogP contribution in [0, 0.1) is 0 Å². The van der Waals surface area contributed by atoms with Crippen molar-refractivity contribution in [3.63, 3.8) is 0 Å². The molecule has 304 valence electrons. The zero-order chi connectivity index (χ0) is 37.5. The van der Waals surface area contributed by atoms with Crippen LogP contribution in [0.25, 0.3) is 0 Å². The number of aliphatic hydroxyl groups is 1. The molecule has 0 spiro atoms. The van der Waals surface area contributed by atoms with E-state index in [1.807, 2.05) is 6.08 Å². The number of aliphatic hydroxyl groups excluding tert-OH is 1. The van der Waals surface area contributed by atoms with Crippen LogP contribution in [0.1, 0.15) is 239 Å². The Morgan fingerprint density at radius 1 is 0.549 bits per heavy atom. The molecule has 8 heteroatoms. The first kappa shape index (κ1) is 50.3. The summed E-state index contributed by atoms with van der Waals surface area (Å²) in [5, 5.41) is 13.4. The fourth-order valence-corrected chi connectivity index (χ4v) is 7.23. The molecule has 0 bridgehead atoms. The van der Waals surface area contributed by atoms with Gasteiger partial charge in [-0.25, -0.2) is 4.57 Å². The Kier molecular flexibility index (Phi) is 38.4. The van der Waals surface area contributed by atoms with Crippen molar-refractivity contribution in [3.8, 4) is 0 Å². The van der Waals surface area contributed by atoms with Gasteiger partial charge in [0.25, 0.3) is 0 Å². The maximum atomic E-state index is 12.6. The number of hydrogen-bond acceptors (Lipinski definition) is 4. The van der Waals surface area contributed by atoms with Gasteiger partial charge in [-0.1, -0.05) is 225 Å². The lowest BCUT2D eigenvalue weighted by molar-refractivity contribution is -0.123. The minimum Gasteiger partial charge on any atom is -0.387 e. The van der Waals surface area contributed by atoms with Crippen LogP contribution in [0.2, 0.25) is 0 Å². The fourth-order valence-electron chi connectivity index (χ4n) is 6.87. The molecule has 0 aromatic heterocycles. The molecule has 51 heavy (non-hydrogen) atoms. The van der Waals surface area contributed by atoms with E-state index in [0.717, 1.165) is 38.5 Å². The number of amides is 1. The molecule has 0 rings (SSSR count). The van der Waals surface area contributed by atoms with Crippen LogP contribution in [0.3, 0.4) is 0 Å². The third-order valence-corrected chi connectivity index (χ3v) is 10.7. The molecule has 0 aromatic rings. The number of phosphoric ester groups is 1. The van der Waals surface area contributed by atoms with Gasteiger partial charge in [0, 0.05) is 6.42 Å². The van der Waals surface area contributed by atoms with Gasteiger partial charge in [0.2, 0.25) is 5.91 Å². The van der Waals surface area contributed by atoms with Crippen molar-refractivity contribution < 1.29 is 28.8 Å². The highest BCUT2D eigenvalue weighted by atomic mass is 31.2. The van der Waals surface area contributed by atoms with Gasteiger partial charge in [-0.05, 0) is 19.3 Å². The van der Waals surface area contributed by atoms with Crippen LogP contribution in [0.5, 0.6) is 0 Å². The second kappa shape index (κ2) is 39.0. The molecule has 7 nitrogen and oxygen atoms in total. The van der Waals surface area contributed by atoms with Gasteiger partial charge in [-0.15, -0.1) is 0 Å². The summed E-state index contributed by atoms with van der Waals surface area (Å²) in [4.78, 5) is 30.9. The number of rotatable bonds is 41. The van der Waals surface area contributed by atoms with Crippen molar-refractivity contribution in [1.82, 2.24) is 5.32 Å². The summed E-state index contributed by atoms with van der Waals surface area (Å²) in [5.74, 6) is -0.222. The average molecular weight is 744 g/mol. The van der Waals surface area contributed by atoms with Crippen molar-refractivity contribution in [1.29, 1.82) is 0 Å². The normalized spacial score (nSPS) is 13.3. The van der Waals surface area contributed by atoms with Gasteiger partial charge in [-0.2, -0.15) is 0 Å². The minimum atomic E-state index is -4.71. The maximum absolute atomic E-state index is 12.6. The molecule has 2 atom stereocenters. The maximum Gasteiger partial charge on any atom is 0.469 e. The molecule has 0 saturated heterocycles. The van der Waals surface area contributed by atoms with Crippen LogP contribution in [-0.4, -0.2) is 39.6 Å². The summed E-state index contributed by atoms with van der Waals surface area (Å²) < 4.78 is 15.9. The predicted molar refractivity (Wildman–Crippen MR) is 218 cm³/mol. The first-order chi connectivity index (χ1) is 24.8. The average Bonchev–Trinajstić information content (AvgIpc) is 3.10. The van der Waals surface area contributed by atoms with Crippen molar-refractivity contribution in [2.45, 2.75) is 251 Å². The summed E-state index contributed by atoms with van der Waals surface area (Å²) in [7, 11) is -4.71. The highest BCUT2D eigenvalue weighted by molar-refractivity contribution is 7.46. The monoisotopic (exact) mass is 744 g/mol. The molecule has 0 fully saturated rings. The van der Waals surface area contributed by atoms with Crippen molar-refractivity contribution >= 4 is 13.7 Å². The molecule has 1 amide bonds. The van der Waals surface area contributed by atoms with Gasteiger partial charge in [0.05, 0.1) is 18.8 Å². The zero-order valence-electron chi connectivity index (χ0n) is 33.8. The highest BCUT2D eigenvalue weighted by Gasteiger charge is 2.24. The van der Waals surface area contributed by atoms with Crippen LogP contribution in [0.15, 0.2) is 12.2 Å². The van der Waals surface area contributed by atoms with E-state index >= 15 is 0 Å². The summed E-state index contributed by atoms with van der Waals surface area (Å²) in [6.07, 6.45) is 46.7. The van der Waals surface area contributed by atoms with E-state index in [4.69, 9.17) is 9.79 Å². The third-order valence-electron chi connectivity index (χ3n) is 10.2. The lowest BCUT2D eigenvalue weighted by Gasteiger charge is -2.22. The van der Waals surface area contributed by atoms with E-state index in [2.05, 4.69) is 23.7 Å². The molecule has 0 aliphatic rings. The van der Waals surface area contributed by atoms with E-state index in [0.29, 0.717) is 6.42 Å². The molecular formula is C43H86NO6P. The van der Waals surface area contributed by atoms with E-state index in [1.54, 1.807) is 6.08 Å². The highest BCUT2D eigenvalue weighted by Crippen LogP contribution is 2.35. The molecule has 0 heterocycles. The van der Waals surface area contributed by atoms with Gasteiger partial charge < -0.3 is 20.2 Å². The topological polar surface area (TPSA) is 116 Å². The Hall–Kier alpha value is -0.720. The second-order valence-corrected chi connectivity index (χ2v) is 16.6. The standard InChI is InChI=1S/C43H86NO6P/c1-3-5-7-9-11-13-15-17-18-19-20-21-22-23-24-25-27-29-31-33-35-37-39-43(46)44-41(40-50-51(47,48)49)42(45)38-36-34-32-30-28-26-16-14-12-10-8-6-4-2/h36,38,41-42,45H,3-35,37,39-40H2,1-2H3,(H,44,46)(H2,47,48,49)/b38-36+/t41-,42+/m0/s1. The molecule has 0 radical (unpaired) electrons. The van der Waals surface area contributed by atoms with Gasteiger partial charge in [0.15, 0.2) is 0 Å². The lowest BCUT2D eigenvalue weighted by Crippen LogP contribution is -2.45. The van der Waals surface area contributed by atoms with Crippen molar-refractivity contribution in [2.75, 3.05) is 6.61 Å². The quantitative estimate of drug-likeness (QED) is 0.0281. The minimum absolute atomic E-state index is 0.222. The Bertz CT molecular complexity index is 803. The lowest BCUT2D eigenvalue weighted by atomic mass is 10.0.